The highest BCUT2D eigenvalue weighted by Gasteiger charge is 2.52. The normalized spacial score (nSPS) is 17.3. The summed E-state index contributed by atoms with van der Waals surface area (Å²) >= 11 is 0. The number of aliphatic hydroxyl groups is 2. The van der Waals surface area contributed by atoms with E-state index in [-0.39, 0.29) is 37.9 Å². The van der Waals surface area contributed by atoms with Crippen molar-refractivity contribution in [2.45, 2.75) is 32.0 Å². The van der Waals surface area contributed by atoms with Gasteiger partial charge >= 0.3 is 0 Å². The number of amides is 3. The van der Waals surface area contributed by atoms with Crippen LogP contribution in [0.25, 0.3) is 10.8 Å². The monoisotopic (exact) mass is 651 g/mol. The van der Waals surface area contributed by atoms with Gasteiger partial charge in [-0.15, -0.1) is 0 Å². The first-order valence-corrected chi connectivity index (χ1v) is 16.5. The van der Waals surface area contributed by atoms with Crippen LogP contribution in [0.4, 0.5) is 17.1 Å². The lowest BCUT2D eigenvalue weighted by atomic mass is 9.83. The molecular formula is C41H37N3O5. The first-order chi connectivity index (χ1) is 23.8. The van der Waals surface area contributed by atoms with Gasteiger partial charge in [0.25, 0.3) is 11.8 Å². The van der Waals surface area contributed by atoms with Crippen LogP contribution in [0.1, 0.15) is 40.4 Å². The molecule has 8 nitrogen and oxygen atoms in total. The molecule has 3 amide bonds. The quantitative estimate of drug-likeness (QED) is 0.160. The van der Waals surface area contributed by atoms with E-state index in [4.69, 9.17) is 0 Å². The lowest BCUT2D eigenvalue weighted by Gasteiger charge is -2.28. The minimum absolute atomic E-state index is 0.0677. The Morgan fingerprint density at radius 1 is 0.837 bits per heavy atom. The molecule has 49 heavy (non-hydrogen) atoms. The van der Waals surface area contributed by atoms with Crippen LogP contribution in [-0.4, -0.2) is 46.0 Å². The van der Waals surface area contributed by atoms with Gasteiger partial charge < -0.3 is 20.0 Å². The van der Waals surface area contributed by atoms with Crippen LogP contribution in [0.2, 0.25) is 0 Å². The smallest absolute Gasteiger partial charge is 0.264 e. The lowest BCUT2D eigenvalue weighted by molar-refractivity contribution is -0.139. The van der Waals surface area contributed by atoms with Crippen molar-refractivity contribution in [2.24, 2.45) is 5.92 Å². The number of carbonyl (C=O) groups excluding carboxylic acids is 3. The van der Waals surface area contributed by atoms with Crippen molar-refractivity contribution < 1.29 is 24.6 Å². The highest BCUT2D eigenvalue weighted by Crippen LogP contribution is 2.46. The molecule has 2 aliphatic heterocycles. The molecule has 246 valence electrons. The number of para-hydroxylation sites is 1. The van der Waals surface area contributed by atoms with Gasteiger partial charge in [-0.25, -0.2) is 0 Å². The summed E-state index contributed by atoms with van der Waals surface area (Å²) in [5.74, 6) is -1.31. The number of hydrogen-bond acceptors (Lipinski definition) is 5. The molecule has 0 unspecified atom stereocenters. The van der Waals surface area contributed by atoms with Crippen LogP contribution in [0.3, 0.4) is 0 Å². The molecule has 2 heterocycles. The lowest BCUT2D eigenvalue weighted by Crippen LogP contribution is -2.44. The standard InChI is InChI=1S/C41H37N3O5/c1-28(10-7-19-37(46)42(24-25-45)26-29-11-3-2-4-12-29)41(49)34-16-5-6-17-35(34)43(40(41)48)27-30-20-22-32(23-21-30)44-36-18-9-14-31-13-8-15-33(38(31)36)39(44)47/h2-18,20-23,28,45,49H,19,24-27H2,1H3/b10-7+/t28-,41+/m1/s1. The van der Waals surface area contributed by atoms with Crippen molar-refractivity contribution in [2.75, 3.05) is 23.0 Å². The van der Waals surface area contributed by atoms with Crippen molar-refractivity contribution in [3.8, 4) is 0 Å². The summed E-state index contributed by atoms with van der Waals surface area (Å²) in [5, 5.41) is 23.5. The Balaban J connectivity index is 1.07. The average Bonchev–Trinajstić information content (AvgIpc) is 3.54. The summed E-state index contributed by atoms with van der Waals surface area (Å²) in [7, 11) is 0. The maximum Gasteiger partial charge on any atom is 0.264 e. The van der Waals surface area contributed by atoms with E-state index in [0.717, 1.165) is 33.3 Å². The van der Waals surface area contributed by atoms with E-state index in [0.29, 0.717) is 23.4 Å². The second-order valence-electron chi connectivity index (χ2n) is 12.6. The van der Waals surface area contributed by atoms with Gasteiger partial charge in [0.05, 0.1) is 30.1 Å². The second-order valence-corrected chi connectivity index (χ2v) is 12.6. The SMILES string of the molecule is C[C@H](/C=C/CC(=O)N(CCO)Cc1ccccc1)[C@@]1(O)C(=O)N(Cc2ccc(N3C(=O)c4cccc5cccc3c45)cc2)c2ccccc21. The summed E-state index contributed by atoms with van der Waals surface area (Å²) in [4.78, 5) is 45.5. The zero-order valence-electron chi connectivity index (χ0n) is 27.2. The summed E-state index contributed by atoms with van der Waals surface area (Å²) in [5.41, 5.74) is 3.39. The molecule has 5 aromatic carbocycles. The number of rotatable bonds is 11. The van der Waals surface area contributed by atoms with Gasteiger partial charge in [-0.1, -0.05) is 104 Å². The van der Waals surface area contributed by atoms with E-state index < -0.39 is 17.4 Å². The molecule has 0 saturated heterocycles. The molecule has 0 bridgehead atoms. The predicted octanol–water partition coefficient (Wildman–Crippen LogP) is 6.47. The Labute approximate surface area is 285 Å². The maximum absolute atomic E-state index is 14.1. The van der Waals surface area contributed by atoms with Crippen molar-refractivity contribution in [1.29, 1.82) is 0 Å². The van der Waals surface area contributed by atoms with Gasteiger partial charge in [-0.2, -0.15) is 0 Å². The van der Waals surface area contributed by atoms with Gasteiger partial charge in [0.15, 0.2) is 5.60 Å². The van der Waals surface area contributed by atoms with Gasteiger partial charge in [0.2, 0.25) is 5.91 Å². The Morgan fingerprint density at radius 3 is 2.29 bits per heavy atom. The number of anilines is 3. The Bertz CT molecular complexity index is 2070. The fraction of sp³-hybridized carbons (Fsp3) is 0.195. The van der Waals surface area contributed by atoms with Gasteiger partial charge in [-0.05, 0) is 46.8 Å². The molecule has 0 aliphatic carbocycles. The molecule has 2 aliphatic rings. The summed E-state index contributed by atoms with van der Waals surface area (Å²) < 4.78 is 0. The molecular weight excluding hydrogens is 614 g/mol. The van der Waals surface area contributed by atoms with Crippen LogP contribution in [-0.2, 0) is 28.3 Å². The van der Waals surface area contributed by atoms with Crippen LogP contribution >= 0.6 is 0 Å². The molecule has 0 spiro atoms. The fourth-order valence-electron chi connectivity index (χ4n) is 7.02. The van der Waals surface area contributed by atoms with Crippen LogP contribution in [0.5, 0.6) is 0 Å². The summed E-state index contributed by atoms with van der Waals surface area (Å²) in [6, 6.07) is 36.1. The van der Waals surface area contributed by atoms with E-state index in [1.54, 1.807) is 45.9 Å². The zero-order chi connectivity index (χ0) is 34.1. The number of carbonyl (C=O) groups is 3. The van der Waals surface area contributed by atoms with E-state index in [2.05, 4.69) is 0 Å². The Morgan fingerprint density at radius 2 is 1.53 bits per heavy atom. The minimum Gasteiger partial charge on any atom is -0.395 e. The molecule has 0 radical (unpaired) electrons. The summed E-state index contributed by atoms with van der Waals surface area (Å²) in [6.07, 6.45) is 3.48. The molecule has 0 saturated carbocycles. The molecule has 7 rings (SSSR count). The number of benzene rings is 5. The third-order valence-electron chi connectivity index (χ3n) is 9.58. The van der Waals surface area contributed by atoms with E-state index in [1.807, 2.05) is 103 Å². The molecule has 0 aromatic heterocycles. The molecule has 2 atom stereocenters. The largest absolute Gasteiger partial charge is 0.395 e. The average molecular weight is 652 g/mol. The topological polar surface area (TPSA) is 101 Å². The molecule has 5 aromatic rings. The highest BCUT2D eigenvalue weighted by atomic mass is 16.3. The van der Waals surface area contributed by atoms with Crippen molar-refractivity contribution in [1.82, 2.24) is 4.90 Å². The fourth-order valence-corrected chi connectivity index (χ4v) is 7.02. The van der Waals surface area contributed by atoms with Crippen LogP contribution < -0.4 is 9.80 Å². The number of fused-ring (bicyclic) bond motifs is 1. The van der Waals surface area contributed by atoms with Crippen LogP contribution in [0.15, 0.2) is 127 Å². The van der Waals surface area contributed by atoms with Gasteiger partial charge in [0.1, 0.15) is 0 Å². The Kier molecular flexibility index (Phi) is 8.59. The molecule has 8 heteroatoms. The van der Waals surface area contributed by atoms with Crippen LogP contribution in [0, 0.1) is 5.92 Å². The zero-order valence-corrected chi connectivity index (χ0v) is 27.2. The minimum atomic E-state index is -1.82. The van der Waals surface area contributed by atoms with Gasteiger partial charge in [0, 0.05) is 42.1 Å². The second kappa shape index (κ2) is 13.1. The first-order valence-electron chi connectivity index (χ1n) is 16.5. The molecule has 2 N–H and O–H groups in total. The summed E-state index contributed by atoms with van der Waals surface area (Å²) in [6.45, 7) is 2.44. The van der Waals surface area contributed by atoms with E-state index >= 15 is 0 Å². The van der Waals surface area contributed by atoms with E-state index in [9.17, 15) is 24.6 Å². The number of nitrogens with zero attached hydrogens (tertiary/aromatic N) is 3. The molecule has 0 fully saturated rings. The Hall–Kier alpha value is -5.57. The number of aliphatic hydroxyl groups excluding tert-OH is 1. The number of hydrogen-bond donors (Lipinski definition) is 2. The first kappa shape index (κ1) is 32.0. The third-order valence-corrected chi connectivity index (χ3v) is 9.58. The van der Waals surface area contributed by atoms with Crippen molar-refractivity contribution >= 4 is 45.6 Å². The van der Waals surface area contributed by atoms with E-state index in [1.165, 1.54) is 0 Å². The predicted molar refractivity (Wildman–Crippen MR) is 190 cm³/mol. The third kappa shape index (κ3) is 5.69. The van der Waals surface area contributed by atoms with Gasteiger partial charge in [-0.3, -0.25) is 19.3 Å². The maximum atomic E-state index is 14.1. The van der Waals surface area contributed by atoms with Crippen molar-refractivity contribution in [3.63, 3.8) is 0 Å². The highest BCUT2D eigenvalue weighted by molar-refractivity contribution is 6.27. The van der Waals surface area contributed by atoms with Crippen molar-refractivity contribution in [3.05, 3.63) is 150 Å².